The average Bonchev–Trinajstić information content (AvgIpc) is 3.04. The average molecular weight is 500 g/mol. The number of halogens is 2. The monoisotopic (exact) mass is 499 g/mol. The fourth-order valence-electron chi connectivity index (χ4n) is 3.96. The van der Waals surface area contributed by atoms with Gasteiger partial charge in [-0.1, -0.05) is 23.2 Å². The Balaban J connectivity index is 1.55. The van der Waals surface area contributed by atoms with Crippen molar-refractivity contribution in [2.75, 3.05) is 51.3 Å². The Hall–Kier alpha value is -2.56. The normalized spacial score (nSPS) is 20.5. The number of nitrogens with one attached hydrogen (secondary N) is 3. The van der Waals surface area contributed by atoms with E-state index in [4.69, 9.17) is 27.9 Å². The molecule has 33 heavy (non-hydrogen) atoms. The molecule has 1 unspecified atom stereocenters. The van der Waals surface area contributed by atoms with Gasteiger partial charge in [0.05, 0.1) is 13.0 Å². The number of hydrogen-bond acceptors (Lipinski definition) is 6. The summed E-state index contributed by atoms with van der Waals surface area (Å²) in [5, 5.41) is 8.44. The molecule has 5 amide bonds. The number of imide groups is 1. The zero-order valence-electron chi connectivity index (χ0n) is 18.3. The van der Waals surface area contributed by atoms with E-state index in [1.165, 1.54) is 7.11 Å². The quantitative estimate of drug-likeness (QED) is 0.346. The maximum atomic E-state index is 12.8. The molecule has 0 saturated carbocycles. The van der Waals surface area contributed by atoms with Crippen molar-refractivity contribution in [2.24, 2.45) is 0 Å². The van der Waals surface area contributed by atoms with Crippen molar-refractivity contribution in [1.82, 2.24) is 20.9 Å². The molecule has 2 fully saturated rings. The largest absolute Gasteiger partial charge is 0.383 e. The summed E-state index contributed by atoms with van der Waals surface area (Å²) in [5.74, 6) is -1.16. The van der Waals surface area contributed by atoms with E-state index in [-0.39, 0.29) is 31.7 Å². The van der Waals surface area contributed by atoms with Gasteiger partial charge in [0.1, 0.15) is 5.54 Å². The maximum absolute atomic E-state index is 12.8. The standard InChI is InChI=1S/C21H27Cl2N5O5/c1-33-9-4-24-17(29)13-21(19(31)25-20(32)26-21)3-2-18(30)28-7-5-27(6-8-28)16-11-14(22)10-15(23)12-16/h10-12H,2-9,13H2,1H3,(H,24,29)(H2,25,26,31,32). The van der Waals surface area contributed by atoms with Gasteiger partial charge in [-0.2, -0.15) is 0 Å². The number of nitrogens with zero attached hydrogens (tertiary/aromatic N) is 2. The lowest BCUT2D eigenvalue weighted by atomic mass is 9.89. The zero-order chi connectivity index (χ0) is 24.0. The van der Waals surface area contributed by atoms with E-state index in [1.54, 1.807) is 11.0 Å². The molecule has 2 saturated heterocycles. The first-order valence-corrected chi connectivity index (χ1v) is 11.4. The molecule has 0 aromatic heterocycles. The van der Waals surface area contributed by atoms with E-state index in [2.05, 4.69) is 20.9 Å². The first-order chi connectivity index (χ1) is 15.7. The van der Waals surface area contributed by atoms with Crippen molar-refractivity contribution in [3.05, 3.63) is 28.2 Å². The molecular formula is C21H27Cl2N5O5. The van der Waals surface area contributed by atoms with Gasteiger partial charge in [-0.15, -0.1) is 0 Å². The van der Waals surface area contributed by atoms with Crippen molar-refractivity contribution in [2.45, 2.75) is 24.8 Å². The Bertz CT molecular complexity index is 902. The molecule has 0 spiro atoms. The van der Waals surface area contributed by atoms with Gasteiger partial charge in [-0.05, 0) is 24.6 Å². The Morgan fingerprint density at radius 1 is 1.12 bits per heavy atom. The summed E-state index contributed by atoms with van der Waals surface area (Å²) in [6.07, 6.45) is -0.224. The number of amides is 5. The summed E-state index contributed by atoms with van der Waals surface area (Å²) in [4.78, 5) is 53.1. The second kappa shape index (κ2) is 11.0. The van der Waals surface area contributed by atoms with Crippen LogP contribution in [-0.2, 0) is 19.1 Å². The highest BCUT2D eigenvalue weighted by Gasteiger charge is 2.47. The van der Waals surface area contributed by atoms with Crippen LogP contribution in [0.3, 0.4) is 0 Å². The molecule has 0 aliphatic carbocycles. The highest BCUT2D eigenvalue weighted by molar-refractivity contribution is 6.35. The van der Waals surface area contributed by atoms with Gasteiger partial charge in [0.25, 0.3) is 5.91 Å². The molecule has 2 heterocycles. The zero-order valence-corrected chi connectivity index (χ0v) is 19.8. The van der Waals surface area contributed by atoms with Gasteiger partial charge in [-0.3, -0.25) is 19.7 Å². The van der Waals surface area contributed by atoms with Crippen LogP contribution in [0, 0.1) is 0 Å². The Morgan fingerprint density at radius 3 is 2.36 bits per heavy atom. The first kappa shape index (κ1) is 25.1. The molecule has 1 aromatic carbocycles. The van der Waals surface area contributed by atoms with E-state index in [1.807, 2.05) is 12.1 Å². The fraction of sp³-hybridized carbons (Fsp3) is 0.524. The minimum atomic E-state index is -1.46. The summed E-state index contributed by atoms with van der Waals surface area (Å²) >= 11 is 12.2. The van der Waals surface area contributed by atoms with Crippen LogP contribution in [0.15, 0.2) is 18.2 Å². The molecule has 2 aliphatic rings. The molecule has 12 heteroatoms. The highest BCUT2D eigenvalue weighted by Crippen LogP contribution is 2.27. The van der Waals surface area contributed by atoms with Gasteiger partial charge in [0, 0.05) is 62.0 Å². The smallest absolute Gasteiger partial charge is 0.322 e. The van der Waals surface area contributed by atoms with Crippen molar-refractivity contribution in [3.63, 3.8) is 0 Å². The van der Waals surface area contributed by atoms with Crippen molar-refractivity contribution in [3.8, 4) is 0 Å². The van der Waals surface area contributed by atoms with Crippen LogP contribution in [0.25, 0.3) is 0 Å². The molecule has 10 nitrogen and oxygen atoms in total. The number of anilines is 1. The van der Waals surface area contributed by atoms with Crippen LogP contribution in [0.1, 0.15) is 19.3 Å². The van der Waals surface area contributed by atoms with Crippen molar-refractivity contribution in [1.29, 1.82) is 0 Å². The van der Waals surface area contributed by atoms with E-state index >= 15 is 0 Å². The molecule has 0 radical (unpaired) electrons. The number of carbonyl (C=O) groups is 4. The number of ether oxygens (including phenoxy) is 1. The van der Waals surface area contributed by atoms with E-state index in [9.17, 15) is 19.2 Å². The summed E-state index contributed by atoms with van der Waals surface area (Å²) in [7, 11) is 1.51. The summed E-state index contributed by atoms with van der Waals surface area (Å²) in [5.41, 5.74) is -0.563. The maximum Gasteiger partial charge on any atom is 0.322 e. The summed E-state index contributed by atoms with van der Waals surface area (Å²) in [6, 6.07) is 4.64. The molecular weight excluding hydrogens is 473 g/mol. The third-order valence-corrected chi connectivity index (χ3v) is 6.15. The predicted octanol–water partition coefficient (Wildman–Crippen LogP) is 1.15. The first-order valence-electron chi connectivity index (χ1n) is 10.6. The molecule has 3 rings (SSSR count). The molecule has 180 valence electrons. The SMILES string of the molecule is COCCNC(=O)CC1(CCC(=O)N2CCN(c3cc(Cl)cc(Cl)c3)CC2)NC(=O)NC1=O. The second-order valence-corrected chi connectivity index (χ2v) is 8.88. The Labute approximate surface area is 201 Å². The van der Waals surface area contributed by atoms with Gasteiger partial charge in [-0.25, -0.2) is 4.79 Å². The molecule has 0 bridgehead atoms. The molecule has 1 atom stereocenters. The number of piperazine rings is 1. The number of rotatable bonds is 9. The van der Waals surface area contributed by atoms with E-state index in [0.29, 0.717) is 42.8 Å². The van der Waals surface area contributed by atoms with Crippen LogP contribution >= 0.6 is 23.2 Å². The van der Waals surface area contributed by atoms with Crippen LogP contribution in [0.5, 0.6) is 0 Å². The highest BCUT2D eigenvalue weighted by atomic mass is 35.5. The van der Waals surface area contributed by atoms with Gasteiger partial charge < -0.3 is 25.2 Å². The van der Waals surface area contributed by atoms with Crippen molar-refractivity contribution >= 4 is 52.6 Å². The third kappa shape index (κ3) is 6.49. The van der Waals surface area contributed by atoms with E-state index < -0.39 is 23.4 Å². The number of benzene rings is 1. The van der Waals surface area contributed by atoms with Gasteiger partial charge >= 0.3 is 6.03 Å². The van der Waals surface area contributed by atoms with Crippen molar-refractivity contribution < 1.29 is 23.9 Å². The predicted molar refractivity (Wildman–Crippen MR) is 123 cm³/mol. The van der Waals surface area contributed by atoms with Crippen LogP contribution < -0.4 is 20.9 Å². The van der Waals surface area contributed by atoms with Gasteiger partial charge in [0.2, 0.25) is 11.8 Å². The third-order valence-electron chi connectivity index (χ3n) is 5.72. The minimum absolute atomic E-state index is 0.0159. The lowest BCUT2D eigenvalue weighted by Crippen LogP contribution is -2.52. The summed E-state index contributed by atoms with van der Waals surface area (Å²) in [6.45, 7) is 2.79. The van der Waals surface area contributed by atoms with E-state index in [0.717, 1.165) is 5.69 Å². The minimum Gasteiger partial charge on any atom is -0.383 e. The Kier molecular flexibility index (Phi) is 8.39. The van der Waals surface area contributed by atoms with Crippen LogP contribution in [0.2, 0.25) is 10.0 Å². The molecule has 3 N–H and O–H groups in total. The van der Waals surface area contributed by atoms with Crippen LogP contribution in [-0.4, -0.2) is 80.6 Å². The topological polar surface area (TPSA) is 120 Å². The lowest BCUT2D eigenvalue weighted by Gasteiger charge is -2.36. The second-order valence-electron chi connectivity index (χ2n) is 8.01. The summed E-state index contributed by atoms with van der Waals surface area (Å²) < 4.78 is 4.89. The lowest BCUT2D eigenvalue weighted by molar-refractivity contribution is -0.134. The number of hydrogen-bond donors (Lipinski definition) is 3. The number of urea groups is 1. The number of methoxy groups -OCH3 is 1. The van der Waals surface area contributed by atoms with Crippen LogP contribution in [0.4, 0.5) is 10.5 Å². The fourth-order valence-corrected chi connectivity index (χ4v) is 4.47. The molecule has 2 aliphatic heterocycles. The molecule has 1 aromatic rings. The Morgan fingerprint density at radius 2 is 1.79 bits per heavy atom. The van der Waals surface area contributed by atoms with Gasteiger partial charge in [0.15, 0.2) is 0 Å². The number of carbonyl (C=O) groups excluding carboxylic acids is 4.